The molecule has 0 aliphatic carbocycles. The van der Waals surface area contributed by atoms with Gasteiger partial charge in [-0.15, -0.1) is 0 Å². The molecule has 7 heteroatoms. The fourth-order valence-electron chi connectivity index (χ4n) is 3.16. The number of rotatable bonds is 12. The summed E-state index contributed by atoms with van der Waals surface area (Å²) in [5.74, 6) is -0.298. The maximum Gasteiger partial charge on any atom is 0.264 e. The van der Waals surface area contributed by atoms with E-state index in [-0.39, 0.29) is 11.7 Å². The highest BCUT2D eigenvalue weighted by atomic mass is 32.2. The fraction of sp³-hybridized carbons (Fsp3) is 0.824. The molecular weight excluding hydrogens is 328 g/mol. The maximum absolute atomic E-state index is 11.5. The third-order valence-electron chi connectivity index (χ3n) is 4.71. The Hall–Kier alpha value is -0.920. The number of nitrogens with one attached hydrogen (secondary N) is 1. The van der Waals surface area contributed by atoms with Crippen molar-refractivity contribution in [2.75, 3.05) is 25.4 Å². The van der Waals surface area contributed by atoms with Crippen LogP contribution in [0.15, 0.2) is 12.2 Å². The zero-order valence-corrected chi connectivity index (χ0v) is 16.7. The molecule has 0 aliphatic heterocycles. The first-order valence-electron chi connectivity index (χ1n) is 8.67. The van der Waals surface area contributed by atoms with E-state index >= 15 is 0 Å². The van der Waals surface area contributed by atoms with Gasteiger partial charge in [0.25, 0.3) is 10.1 Å². The summed E-state index contributed by atoms with van der Waals surface area (Å²) in [6.07, 6.45) is 2.06. The highest BCUT2D eigenvalue weighted by Crippen LogP contribution is 2.22. The summed E-state index contributed by atoms with van der Waals surface area (Å²) in [6.45, 7) is 16.4. The number of quaternary nitrogens is 1. The second kappa shape index (κ2) is 10.2. The summed E-state index contributed by atoms with van der Waals surface area (Å²) in [5.41, 5.74) is 0.508. The number of carbonyl (C=O) groups is 1. The minimum absolute atomic E-state index is 0.115. The van der Waals surface area contributed by atoms with Crippen LogP contribution in [0.3, 0.4) is 0 Å². The van der Waals surface area contributed by atoms with Crippen molar-refractivity contribution in [1.82, 2.24) is 5.32 Å². The summed E-state index contributed by atoms with van der Waals surface area (Å²) < 4.78 is 31.4. The first kappa shape index (κ1) is 23.1. The summed E-state index contributed by atoms with van der Waals surface area (Å²) in [4.78, 5) is 11.5. The van der Waals surface area contributed by atoms with Crippen molar-refractivity contribution in [2.45, 2.75) is 66.0 Å². The Labute approximate surface area is 147 Å². The van der Waals surface area contributed by atoms with Crippen molar-refractivity contribution in [3.8, 4) is 0 Å². The van der Waals surface area contributed by atoms with Gasteiger partial charge in [-0.3, -0.25) is 9.35 Å². The molecule has 0 aliphatic rings. The Kier molecular flexibility index (Phi) is 9.77. The molecule has 0 aromatic carbocycles. The SMILES string of the molecule is C=C(C)C(=O)NCCC[N+](CCCCS(=O)(=O)O)(C(C)C)C(C)C. The van der Waals surface area contributed by atoms with E-state index in [2.05, 4.69) is 39.6 Å². The molecule has 142 valence electrons. The van der Waals surface area contributed by atoms with Crippen LogP contribution in [0.1, 0.15) is 53.9 Å². The van der Waals surface area contributed by atoms with Crippen molar-refractivity contribution in [1.29, 1.82) is 0 Å². The molecule has 0 bridgehead atoms. The van der Waals surface area contributed by atoms with Crippen LogP contribution >= 0.6 is 0 Å². The lowest BCUT2D eigenvalue weighted by atomic mass is 10.1. The van der Waals surface area contributed by atoms with Gasteiger partial charge in [-0.05, 0) is 47.5 Å². The Balaban J connectivity index is 4.66. The second-order valence-electron chi connectivity index (χ2n) is 7.12. The van der Waals surface area contributed by atoms with E-state index in [0.717, 1.165) is 30.4 Å². The van der Waals surface area contributed by atoms with Gasteiger partial charge in [0.05, 0.1) is 30.9 Å². The van der Waals surface area contributed by atoms with Gasteiger partial charge in [0.15, 0.2) is 0 Å². The standard InChI is InChI=1S/C17H34N2O4S/c1-14(2)17(20)18-10-9-12-19(15(3)4,16(5)6)11-7-8-13-24(21,22)23/h15-16H,1,7-13H2,2-6H3,(H-,18,20,21,22,23)/p+1. The smallest absolute Gasteiger partial charge is 0.264 e. The first-order chi connectivity index (χ1) is 10.9. The predicted molar refractivity (Wildman–Crippen MR) is 98.4 cm³/mol. The highest BCUT2D eigenvalue weighted by molar-refractivity contribution is 7.85. The zero-order chi connectivity index (χ0) is 19.0. The largest absolute Gasteiger partial charge is 0.352 e. The second-order valence-corrected chi connectivity index (χ2v) is 8.69. The van der Waals surface area contributed by atoms with E-state index < -0.39 is 10.1 Å². The average molecular weight is 364 g/mol. The number of hydrogen-bond donors (Lipinski definition) is 2. The molecule has 0 heterocycles. The van der Waals surface area contributed by atoms with Crippen LogP contribution in [0.4, 0.5) is 0 Å². The van der Waals surface area contributed by atoms with Gasteiger partial charge < -0.3 is 9.80 Å². The topological polar surface area (TPSA) is 83.5 Å². The number of unbranched alkanes of at least 4 members (excludes halogenated alkanes) is 1. The molecule has 0 unspecified atom stereocenters. The minimum atomic E-state index is -3.88. The van der Waals surface area contributed by atoms with Gasteiger partial charge in [0.1, 0.15) is 0 Å². The van der Waals surface area contributed by atoms with Crippen LogP contribution in [0, 0.1) is 0 Å². The molecule has 1 amide bonds. The van der Waals surface area contributed by atoms with E-state index in [1.54, 1.807) is 6.92 Å². The van der Waals surface area contributed by atoms with Crippen LogP contribution in [0.5, 0.6) is 0 Å². The van der Waals surface area contributed by atoms with Crippen molar-refractivity contribution < 1.29 is 22.2 Å². The molecule has 0 aromatic heterocycles. The summed E-state index contributed by atoms with van der Waals surface area (Å²) >= 11 is 0. The summed E-state index contributed by atoms with van der Waals surface area (Å²) in [6, 6.07) is 0.792. The number of hydrogen-bond acceptors (Lipinski definition) is 3. The lowest BCUT2D eigenvalue weighted by molar-refractivity contribution is -0.967. The summed E-state index contributed by atoms with van der Waals surface area (Å²) in [7, 11) is -3.88. The first-order valence-corrected chi connectivity index (χ1v) is 10.3. The van der Waals surface area contributed by atoms with Crippen LogP contribution in [0.2, 0.25) is 0 Å². The molecule has 0 rings (SSSR count). The van der Waals surface area contributed by atoms with E-state index in [4.69, 9.17) is 4.55 Å². The van der Waals surface area contributed by atoms with Gasteiger partial charge in [0, 0.05) is 18.5 Å². The molecule has 0 saturated carbocycles. The van der Waals surface area contributed by atoms with E-state index in [1.807, 2.05) is 0 Å². The third-order valence-corrected chi connectivity index (χ3v) is 5.51. The van der Waals surface area contributed by atoms with E-state index in [1.165, 1.54) is 0 Å². The van der Waals surface area contributed by atoms with Gasteiger partial charge in [-0.1, -0.05) is 6.58 Å². The van der Waals surface area contributed by atoms with E-state index in [0.29, 0.717) is 30.6 Å². The molecule has 0 atom stereocenters. The quantitative estimate of drug-likeness (QED) is 0.241. The van der Waals surface area contributed by atoms with Crippen molar-refractivity contribution in [3.05, 3.63) is 12.2 Å². The molecule has 0 spiro atoms. The summed E-state index contributed by atoms with van der Waals surface area (Å²) in [5, 5.41) is 2.86. The average Bonchev–Trinajstić information content (AvgIpc) is 2.43. The molecule has 0 radical (unpaired) electrons. The lowest BCUT2D eigenvalue weighted by Gasteiger charge is -2.46. The van der Waals surface area contributed by atoms with Crippen LogP contribution in [-0.4, -0.2) is 60.8 Å². The van der Waals surface area contributed by atoms with Gasteiger partial charge >= 0.3 is 0 Å². The minimum Gasteiger partial charge on any atom is -0.352 e. The predicted octanol–water partition coefficient (Wildman–Crippen LogP) is 2.37. The Morgan fingerprint density at radius 3 is 2.00 bits per heavy atom. The molecular formula is C17H35N2O4S+. The molecule has 2 N–H and O–H groups in total. The van der Waals surface area contributed by atoms with Crippen molar-refractivity contribution in [2.24, 2.45) is 0 Å². The van der Waals surface area contributed by atoms with Crippen LogP contribution in [-0.2, 0) is 14.9 Å². The number of nitrogens with zero attached hydrogens (tertiary/aromatic N) is 1. The normalized spacial score (nSPS) is 12.7. The van der Waals surface area contributed by atoms with Crippen molar-refractivity contribution >= 4 is 16.0 Å². The zero-order valence-electron chi connectivity index (χ0n) is 15.8. The number of amides is 1. The van der Waals surface area contributed by atoms with Crippen LogP contribution < -0.4 is 5.32 Å². The molecule has 0 fully saturated rings. The lowest BCUT2D eigenvalue weighted by Crippen LogP contribution is -2.59. The Morgan fingerprint density at radius 1 is 1.08 bits per heavy atom. The molecule has 0 saturated heterocycles. The Bertz CT molecular complexity index is 505. The fourth-order valence-corrected chi connectivity index (χ4v) is 3.73. The van der Waals surface area contributed by atoms with Gasteiger partial charge in [-0.2, -0.15) is 8.42 Å². The monoisotopic (exact) mass is 363 g/mol. The molecule has 0 aromatic rings. The van der Waals surface area contributed by atoms with Gasteiger partial charge in [0.2, 0.25) is 5.91 Å². The Morgan fingerprint density at radius 2 is 1.58 bits per heavy atom. The third kappa shape index (κ3) is 8.26. The number of carbonyl (C=O) groups excluding carboxylic acids is 1. The highest BCUT2D eigenvalue weighted by Gasteiger charge is 2.33. The van der Waals surface area contributed by atoms with Crippen molar-refractivity contribution in [3.63, 3.8) is 0 Å². The molecule has 24 heavy (non-hydrogen) atoms. The van der Waals surface area contributed by atoms with Crippen LogP contribution in [0.25, 0.3) is 0 Å². The maximum atomic E-state index is 11.5. The van der Waals surface area contributed by atoms with Gasteiger partial charge in [-0.25, -0.2) is 0 Å². The van der Waals surface area contributed by atoms with E-state index in [9.17, 15) is 13.2 Å². The molecule has 6 nitrogen and oxygen atoms in total.